The first-order chi connectivity index (χ1) is 7.26. The molecule has 0 bridgehead atoms. The van der Waals surface area contributed by atoms with E-state index in [9.17, 15) is 5.11 Å². The van der Waals surface area contributed by atoms with E-state index in [-0.39, 0.29) is 12.0 Å². The van der Waals surface area contributed by atoms with Crippen molar-refractivity contribution in [3.63, 3.8) is 0 Å². The SMILES string of the molecule is CCC(CC)(CO)CNCc1cncs1. The van der Waals surface area contributed by atoms with E-state index in [1.54, 1.807) is 11.3 Å². The molecule has 0 fully saturated rings. The molecule has 0 saturated heterocycles. The minimum Gasteiger partial charge on any atom is -0.396 e. The van der Waals surface area contributed by atoms with Crippen LogP contribution in [0.2, 0.25) is 0 Å². The Morgan fingerprint density at radius 2 is 2.20 bits per heavy atom. The number of hydrogen-bond donors (Lipinski definition) is 2. The van der Waals surface area contributed by atoms with Crippen LogP contribution in [0.4, 0.5) is 0 Å². The minimum absolute atomic E-state index is 0.0463. The van der Waals surface area contributed by atoms with Gasteiger partial charge in [-0.1, -0.05) is 13.8 Å². The van der Waals surface area contributed by atoms with Crippen LogP contribution < -0.4 is 5.32 Å². The highest BCUT2D eigenvalue weighted by atomic mass is 32.1. The highest BCUT2D eigenvalue weighted by molar-refractivity contribution is 7.09. The molecule has 0 amide bonds. The Bertz CT molecular complexity index is 249. The summed E-state index contributed by atoms with van der Waals surface area (Å²) in [6.07, 6.45) is 3.90. The lowest BCUT2D eigenvalue weighted by molar-refractivity contribution is 0.113. The quantitative estimate of drug-likeness (QED) is 0.750. The zero-order chi connectivity index (χ0) is 11.1. The zero-order valence-electron chi connectivity index (χ0n) is 9.49. The van der Waals surface area contributed by atoms with E-state index in [0.717, 1.165) is 25.9 Å². The van der Waals surface area contributed by atoms with Gasteiger partial charge < -0.3 is 10.4 Å². The second-order valence-electron chi connectivity index (χ2n) is 3.94. The second kappa shape index (κ2) is 6.20. The number of hydrogen-bond acceptors (Lipinski definition) is 4. The summed E-state index contributed by atoms with van der Waals surface area (Å²) in [4.78, 5) is 5.27. The molecule has 0 aliphatic rings. The topological polar surface area (TPSA) is 45.1 Å². The summed E-state index contributed by atoms with van der Waals surface area (Å²) in [5, 5.41) is 12.8. The molecule has 86 valence electrons. The molecule has 3 nitrogen and oxygen atoms in total. The maximum atomic E-state index is 9.38. The molecule has 0 unspecified atom stereocenters. The fourth-order valence-corrected chi connectivity index (χ4v) is 2.12. The van der Waals surface area contributed by atoms with Crippen LogP contribution in [0.5, 0.6) is 0 Å². The molecule has 0 aliphatic heterocycles. The maximum Gasteiger partial charge on any atom is 0.0794 e. The molecule has 0 aliphatic carbocycles. The Morgan fingerprint density at radius 1 is 1.47 bits per heavy atom. The lowest BCUT2D eigenvalue weighted by atomic mass is 9.83. The molecule has 0 saturated carbocycles. The van der Waals surface area contributed by atoms with E-state index in [1.807, 2.05) is 11.7 Å². The predicted octanol–water partition coefficient (Wildman–Crippen LogP) is 2.03. The number of aliphatic hydroxyl groups is 1. The van der Waals surface area contributed by atoms with Crippen LogP contribution in [0, 0.1) is 5.41 Å². The van der Waals surface area contributed by atoms with Crippen LogP contribution in [0.1, 0.15) is 31.6 Å². The second-order valence-corrected chi connectivity index (χ2v) is 4.91. The van der Waals surface area contributed by atoms with Crippen molar-refractivity contribution >= 4 is 11.3 Å². The summed E-state index contributed by atoms with van der Waals surface area (Å²) in [5.74, 6) is 0. The molecule has 15 heavy (non-hydrogen) atoms. The fourth-order valence-electron chi connectivity index (χ4n) is 1.56. The third kappa shape index (κ3) is 3.55. The van der Waals surface area contributed by atoms with Gasteiger partial charge in [-0.25, -0.2) is 0 Å². The molecule has 0 radical (unpaired) electrons. The van der Waals surface area contributed by atoms with Gasteiger partial charge in [0.25, 0.3) is 0 Å². The lowest BCUT2D eigenvalue weighted by Gasteiger charge is -2.29. The van der Waals surface area contributed by atoms with Crippen molar-refractivity contribution in [1.82, 2.24) is 10.3 Å². The molecule has 1 aromatic rings. The lowest BCUT2D eigenvalue weighted by Crippen LogP contribution is -2.36. The smallest absolute Gasteiger partial charge is 0.0794 e. The molecule has 1 rings (SSSR count). The normalized spacial score (nSPS) is 11.9. The van der Waals surface area contributed by atoms with Gasteiger partial charge in [0.1, 0.15) is 0 Å². The molecule has 0 atom stereocenters. The summed E-state index contributed by atoms with van der Waals surface area (Å²) in [6, 6.07) is 0. The van der Waals surface area contributed by atoms with Crippen molar-refractivity contribution in [1.29, 1.82) is 0 Å². The van der Waals surface area contributed by atoms with Crippen molar-refractivity contribution < 1.29 is 5.11 Å². The van der Waals surface area contributed by atoms with Crippen LogP contribution in [0.3, 0.4) is 0 Å². The Kier molecular flexibility index (Phi) is 5.22. The van der Waals surface area contributed by atoms with Crippen molar-refractivity contribution in [2.24, 2.45) is 5.41 Å². The fraction of sp³-hybridized carbons (Fsp3) is 0.727. The van der Waals surface area contributed by atoms with Gasteiger partial charge in [-0.3, -0.25) is 4.98 Å². The largest absolute Gasteiger partial charge is 0.396 e. The van der Waals surface area contributed by atoms with E-state index in [2.05, 4.69) is 24.1 Å². The van der Waals surface area contributed by atoms with Gasteiger partial charge in [-0.2, -0.15) is 0 Å². The maximum absolute atomic E-state index is 9.38. The molecule has 1 heterocycles. The van der Waals surface area contributed by atoms with Crippen LogP contribution in [-0.2, 0) is 6.54 Å². The van der Waals surface area contributed by atoms with Gasteiger partial charge in [0.2, 0.25) is 0 Å². The first-order valence-electron chi connectivity index (χ1n) is 5.45. The molecular formula is C11H20N2OS. The average molecular weight is 228 g/mol. The van der Waals surface area contributed by atoms with Gasteiger partial charge in [0, 0.05) is 36.2 Å². The number of aliphatic hydroxyl groups excluding tert-OH is 1. The summed E-state index contributed by atoms with van der Waals surface area (Å²) < 4.78 is 0. The summed E-state index contributed by atoms with van der Waals surface area (Å²) in [6.45, 7) is 6.25. The van der Waals surface area contributed by atoms with Gasteiger partial charge >= 0.3 is 0 Å². The highest BCUT2D eigenvalue weighted by Crippen LogP contribution is 2.24. The molecule has 2 N–H and O–H groups in total. The molecule has 4 heteroatoms. The number of nitrogens with zero attached hydrogens (tertiary/aromatic N) is 1. The summed E-state index contributed by atoms with van der Waals surface area (Å²) in [5.41, 5.74) is 1.89. The number of aromatic nitrogens is 1. The van der Waals surface area contributed by atoms with Crippen molar-refractivity contribution in [3.8, 4) is 0 Å². The van der Waals surface area contributed by atoms with E-state index < -0.39 is 0 Å². The van der Waals surface area contributed by atoms with Crippen molar-refractivity contribution in [2.75, 3.05) is 13.2 Å². The third-order valence-corrected chi connectivity index (χ3v) is 3.90. The van der Waals surface area contributed by atoms with Crippen LogP contribution in [0.15, 0.2) is 11.7 Å². The highest BCUT2D eigenvalue weighted by Gasteiger charge is 2.24. The average Bonchev–Trinajstić information content (AvgIpc) is 2.78. The van der Waals surface area contributed by atoms with Gasteiger partial charge in [-0.15, -0.1) is 11.3 Å². The molecular weight excluding hydrogens is 208 g/mol. The van der Waals surface area contributed by atoms with Crippen LogP contribution in [-0.4, -0.2) is 23.2 Å². The minimum atomic E-state index is 0.0463. The molecule has 0 spiro atoms. The van der Waals surface area contributed by atoms with Crippen molar-refractivity contribution in [2.45, 2.75) is 33.2 Å². The van der Waals surface area contributed by atoms with Crippen molar-refractivity contribution in [3.05, 3.63) is 16.6 Å². The third-order valence-electron chi connectivity index (χ3n) is 3.12. The van der Waals surface area contributed by atoms with E-state index in [4.69, 9.17) is 0 Å². The Hall–Kier alpha value is -0.450. The monoisotopic (exact) mass is 228 g/mol. The van der Waals surface area contributed by atoms with Gasteiger partial charge in [0.15, 0.2) is 0 Å². The Morgan fingerprint density at radius 3 is 2.67 bits per heavy atom. The number of nitrogens with one attached hydrogen (secondary N) is 1. The zero-order valence-corrected chi connectivity index (χ0v) is 10.3. The van der Waals surface area contributed by atoms with Gasteiger partial charge in [0.05, 0.1) is 5.51 Å². The Labute approximate surface area is 95.6 Å². The molecule has 0 aromatic carbocycles. The molecule has 1 aromatic heterocycles. The standard InChI is InChI=1S/C11H20N2OS/c1-3-11(4-2,8-14)7-12-5-10-6-13-9-15-10/h6,9,12,14H,3-5,7-8H2,1-2H3. The van der Waals surface area contributed by atoms with Gasteiger partial charge in [-0.05, 0) is 12.8 Å². The van der Waals surface area contributed by atoms with E-state index in [0.29, 0.717) is 0 Å². The van der Waals surface area contributed by atoms with E-state index in [1.165, 1.54) is 4.88 Å². The van der Waals surface area contributed by atoms with Crippen LogP contribution in [0.25, 0.3) is 0 Å². The van der Waals surface area contributed by atoms with Crippen LogP contribution >= 0.6 is 11.3 Å². The van der Waals surface area contributed by atoms with E-state index >= 15 is 0 Å². The first kappa shape index (κ1) is 12.6. The first-order valence-corrected chi connectivity index (χ1v) is 6.33. The predicted molar refractivity (Wildman–Crippen MR) is 63.9 cm³/mol. The summed E-state index contributed by atoms with van der Waals surface area (Å²) in [7, 11) is 0. The number of rotatable bonds is 7. The Balaban J connectivity index is 2.34. The summed E-state index contributed by atoms with van der Waals surface area (Å²) >= 11 is 1.66. The number of thiazole rings is 1.